The van der Waals surface area contributed by atoms with Crippen LogP contribution in [0.3, 0.4) is 0 Å². The number of thiophene rings is 1. The topological polar surface area (TPSA) is 84.9 Å². The number of piperazine rings is 1. The van der Waals surface area contributed by atoms with Crippen molar-refractivity contribution in [3.05, 3.63) is 34.5 Å². The van der Waals surface area contributed by atoms with Crippen LogP contribution >= 0.6 is 11.3 Å². The number of nitrogens with zero attached hydrogens (tertiary/aromatic N) is 4. The summed E-state index contributed by atoms with van der Waals surface area (Å²) in [6, 6.07) is 4.86. The average molecular weight is 501 g/mol. The van der Waals surface area contributed by atoms with Gasteiger partial charge in [0.15, 0.2) is 11.5 Å². The van der Waals surface area contributed by atoms with Crippen LogP contribution in [0.2, 0.25) is 0 Å². The third-order valence-corrected chi connectivity index (χ3v) is 9.98. The summed E-state index contributed by atoms with van der Waals surface area (Å²) in [4.78, 5) is 14.6. The van der Waals surface area contributed by atoms with Gasteiger partial charge in [-0.3, -0.25) is 0 Å². The van der Waals surface area contributed by atoms with Crippen LogP contribution in [0.15, 0.2) is 23.1 Å². The molecule has 1 atom stereocenters. The Balaban J connectivity index is 1.26. The predicted molar refractivity (Wildman–Crippen MR) is 132 cm³/mol. The number of fused-ring (bicyclic) bond motifs is 4. The number of ether oxygens (including phenoxy) is 2. The minimum Gasteiger partial charge on any atom is -0.486 e. The van der Waals surface area contributed by atoms with E-state index in [1.807, 2.05) is 6.92 Å². The van der Waals surface area contributed by atoms with Crippen molar-refractivity contribution in [2.75, 3.05) is 44.3 Å². The molecule has 0 amide bonds. The zero-order valence-corrected chi connectivity index (χ0v) is 21.0. The Kier molecular flexibility index (Phi) is 5.42. The van der Waals surface area contributed by atoms with Gasteiger partial charge in [-0.1, -0.05) is 6.92 Å². The smallest absolute Gasteiger partial charge is 0.243 e. The number of hydrogen-bond donors (Lipinski definition) is 0. The standard InChI is InChI=1S/C24H28N4O4S2/c1-15-3-5-18-21(13-15)33-24-22(18)23(25-16(2)26-24)27-7-9-28(10-8-27)34(29,30)17-4-6-19-20(14-17)32-12-11-31-19/h4,6,14-15H,3,5,7-13H2,1-2H3. The fourth-order valence-electron chi connectivity index (χ4n) is 5.13. The Morgan fingerprint density at radius 2 is 1.82 bits per heavy atom. The molecule has 0 spiro atoms. The van der Waals surface area contributed by atoms with E-state index < -0.39 is 10.0 Å². The number of hydrogen-bond acceptors (Lipinski definition) is 8. The lowest BCUT2D eigenvalue weighted by atomic mass is 9.89. The molecule has 1 fully saturated rings. The van der Waals surface area contributed by atoms with Crippen molar-refractivity contribution < 1.29 is 17.9 Å². The first kappa shape index (κ1) is 22.1. The van der Waals surface area contributed by atoms with Crippen molar-refractivity contribution in [3.8, 4) is 11.5 Å². The second-order valence-electron chi connectivity index (χ2n) is 9.32. The molecule has 1 unspecified atom stereocenters. The second kappa shape index (κ2) is 8.35. The van der Waals surface area contributed by atoms with Crippen LogP contribution in [0.25, 0.3) is 10.2 Å². The molecule has 34 heavy (non-hydrogen) atoms. The van der Waals surface area contributed by atoms with Crippen molar-refractivity contribution >= 4 is 37.4 Å². The first-order valence-electron chi connectivity index (χ1n) is 11.8. The summed E-state index contributed by atoms with van der Waals surface area (Å²) in [6.45, 7) is 7.15. The number of rotatable bonds is 3. The molecule has 1 aliphatic carbocycles. The van der Waals surface area contributed by atoms with E-state index >= 15 is 0 Å². The third kappa shape index (κ3) is 3.72. The number of sulfonamides is 1. The molecule has 0 N–H and O–H groups in total. The fourth-order valence-corrected chi connectivity index (χ4v) is 7.99. The lowest BCUT2D eigenvalue weighted by Crippen LogP contribution is -2.49. The summed E-state index contributed by atoms with van der Waals surface area (Å²) in [5.41, 5.74) is 1.40. The Bertz CT molecular complexity index is 1360. The van der Waals surface area contributed by atoms with E-state index in [2.05, 4.69) is 11.8 Å². The van der Waals surface area contributed by atoms with Crippen LogP contribution < -0.4 is 14.4 Å². The molecule has 6 rings (SSSR count). The van der Waals surface area contributed by atoms with Gasteiger partial charge >= 0.3 is 0 Å². The van der Waals surface area contributed by atoms with E-state index in [1.54, 1.807) is 33.8 Å². The van der Waals surface area contributed by atoms with Gasteiger partial charge in [0.05, 0.1) is 10.3 Å². The monoisotopic (exact) mass is 500 g/mol. The van der Waals surface area contributed by atoms with E-state index in [1.165, 1.54) is 22.2 Å². The molecule has 4 heterocycles. The van der Waals surface area contributed by atoms with E-state index in [4.69, 9.17) is 19.4 Å². The maximum absolute atomic E-state index is 13.4. The van der Waals surface area contributed by atoms with E-state index in [0.717, 1.165) is 29.3 Å². The van der Waals surface area contributed by atoms with E-state index in [-0.39, 0.29) is 4.90 Å². The van der Waals surface area contributed by atoms with Gasteiger partial charge in [0.1, 0.15) is 29.7 Å². The van der Waals surface area contributed by atoms with E-state index in [0.29, 0.717) is 56.8 Å². The molecule has 180 valence electrons. The molecular formula is C24H28N4O4S2. The Labute approximate surface area is 203 Å². The highest BCUT2D eigenvalue weighted by Crippen LogP contribution is 2.41. The van der Waals surface area contributed by atoms with E-state index in [9.17, 15) is 8.42 Å². The zero-order chi connectivity index (χ0) is 23.4. The normalized spacial score (nSPS) is 21.0. The predicted octanol–water partition coefficient (Wildman–Crippen LogP) is 3.41. The minimum absolute atomic E-state index is 0.242. The van der Waals surface area contributed by atoms with Crippen LogP contribution in [-0.4, -0.2) is 62.1 Å². The molecular weight excluding hydrogens is 472 g/mol. The van der Waals surface area contributed by atoms with Gasteiger partial charge in [-0.25, -0.2) is 18.4 Å². The first-order chi connectivity index (χ1) is 16.4. The highest BCUT2D eigenvalue weighted by atomic mass is 32.2. The highest BCUT2D eigenvalue weighted by Gasteiger charge is 2.32. The Hall–Kier alpha value is -2.43. The quantitative estimate of drug-likeness (QED) is 0.545. The maximum atomic E-state index is 13.4. The highest BCUT2D eigenvalue weighted by molar-refractivity contribution is 7.89. The van der Waals surface area contributed by atoms with Gasteiger partial charge in [0, 0.05) is 37.1 Å². The Morgan fingerprint density at radius 3 is 2.62 bits per heavy atom. The van der Waals surface area contributed by atoms with Crippen LogP contribution in [-0.2, 0) is 22.9 Å². The maximum Gasteiger partial charge on any atom is 0.243 e. The van der Waals surface area contributed by atoms with Crippen LogP contribution in [0.4, 0.5) is 5.82 Å². The second-order valence-corrected chi connectivity index (χ2v) is 12.3. The van der Waals surface area contributed by atoms with Crippen LogP contribution in [0.5, 0.6) is 11.5 Å². The molecule has 1 saturated heterocycles. The molecule has 0 bridgehead atoms. The lowest BCUT2D eigenvalue weighted by molar-refractivity contribution is 0.171. The summed E-state index contributed by atoms with van der Waals surface area (Å²) < 4.78 is 39.4. The van der Waals surface area contributed by atoms with Gasteiger partial charge in [-0.05, 0) is 49.8 Å². The van der Waals surface area contributed by atoms with Gasteiger partial charge in [-0.15, -0.1) is 11.3 Å². The lowest BCUT2D eigenvalue weighted by Gasteiger charge is -2.35. The molecule has 10 heteroatoms. The zero-order valence-electron chi connectivity index (χ0n) is 19.4. The van der Waals surface area contributed by atoms with Crippen molar-refractivity contribution in [3.63, 3.8) is 0 Å². The van der Waals surface area contributed by atoms with Crippen molar-refractivity contribution in [2.24, 2.45) is 5.92 Å². The first-order valence-corrected chi connectivity index (χ1v) is 14.1. The molecule has 3 aromatic rings. The van der Waals surface area contributed by atoms with Crippen LogP contribution in [0.1, 0.15) is 29.6 Å². The summed E-state index contributed by atoms with van der Waals surface area (Å²) >= 11 is 1.80. The van der Waals surface area contributed by atoms with Crippen molar-refractivity contribution in [1.82, 2.24) is 14.3 Å². The molecule has 3 aliphatic rings. The number of aromatic nitrogens is 2. The molecule has 2 aliphatic heterocycles. The summed E-state index contributed by atoms with van der Waals surface area (Å²) in [5.74, 6) is 3.51. The summed E-state index contributed by atoms with van der Waals surface area (Å²) in [6.07, 6.45) is 3.36. The van der Waals surface area contributed by atoms with Gasteiger partial charge in [0.2, 0.25) is 10.0 Å². The molecule has 0 radical (unpaired) electrons. The third-order valence-electron chi connectivity index (χ3n) is 6.94. The van der Waals surface area contributed by atoms with Gasteiger partial charge in [-0.2, -0.15) is 4.31 Å². The Morgan fingerprint density at radius 1 is 1.06 bits per heavy atom. The van der Waals surface area contributed by atoms with Crippen LogP contribution in [0, 0.1) is 12.8 Å². The fraction of sp³-hybridized carbons (Fsp3) is 0.500. The van der Waals surface area contributed by atoms with Crippen molar-refractivity contribution in [1.29, 1.82) is 0 Å². The van der Waals surface area contributed by atoms with Gasteiger partial charge < -0.3 is 14.4 Å². The molecule has 0 saturated carbocycles. The number of anilines is 1. The molecule has 8 nitrogen and oxygen atoms in total. The largest absolute Gasteiger partial charge is 0.486 e. The average Bonchev–Trinajstić information content (AvgIpc) is 3.20. The summed E-state index contributed by atoms with van der Waals surface area (Å²) in [5, 5.41) is 1.18. The SMILES string of the molecule is Cc1nc(N2CCN(S(=O)(=O)c3ccc4c(c3)OCCO4)CC2)c2c3c(sc2n1)CC(C)CC3. The molecule has 1 aromatic carbocycles. The van der Waals surface area contributed by atoms with Gasteiger partial charge in [0.25, 0.3) is 0 Å². The molecule has 2 aromatic heterocycles. The number of benzene rings is 1. The number of aryl methyl sites for hydroxylation is 2. The van der Waals surface area contributed by atoms with Crippen molar-refractivity contribution in [2.45, 2.75) is 38.0 Å². The summed E-state index contributed by atoms with van der Waals surface area (Å²) in [7, 11) is -3.62. The minimum atomic E-state index is -3.62.